The Bertz CT molecular complexity index is 463. The van der Waals surface area contributed by atoms with Crippen LogP contribution in [0.4, 0.5) is 0 Å². The van der Waals surface area contributed by atoms with Crippen LogP contribution in [0.25, 0.3) is 0 Å². The topological polar surface area (TPSA) is 80.2 Å². The van der Waals surface area contributed by atoms with Crippen LogP contribution in [0.15, 0.2) is 17.4 Å². The van der Waals surface area contributed by atoms with Crippen LogP contribution in [-0.2, 0) is 16.3 Å². The fraction of sp³-hybridized carbons (Fsp3) is 0.600. The van der Waals surface area contributed by atoms with Gasteiger partial charge in [0.05, 0.1) is 10.4 Å². The third-order valence-corrected chi connectivity index (χ3v) is 4.61. The lowest BCUT2D eigenvalue weighted by Gasteiger charge is -2.19. The Morgan fingerprint density at radius 3 is 2.31 bits per heavy atom. The van der Waals surface area contributed by atoms with Gasteiger partial charge in [-0.05, 0) is 20.8 Å². The second-order valence-electron chi connectivity index (χ2n) is 4.40. The van der Waals surface area contributed by atoms with Crippen LogP contribution < -0.4 is 0 Å². The molecule has 0 atom stereocenters. The summed E-state index contributed by atoms with van der Waals surface area (Å²) in [5.41, 5.74) is 0.319. The molecule has 1 N–H and O–H groups in total. The van der Waals surface area contributed by atoms with E-state index in [1.807, 2.05) is 0 Å². The Labute approximate surface area is 95.5 Å². The van der Waals surface area contributed by atoms with Crippen LogP contribution in [-0.4, -0.2) is 34.8 Å². The van der Waals surface area contributed by atoms with Crippen LogP contribution in [0.3, 0.4) is 0 Å². The second-order valence-corrected chi connectivity index (χ2v) is 7.02. The maximum atomic E-state index is 12.2. The van der Waals surface area contributed by atoms with Gasteiger partial charge in [0.2, 0.25) is 9.84 Å². The molecule has 6 heteroatoms. The standard InChI is InChI=1S/C10H16N2O3S/c1-10(2,3)16(14,15)9-8(4-7-13)11-5-6-12-9/h5-6,13H,4,7H2,1-3H3. The highest BCUT2D eigenvalue weighted by molar-refractivity contribution is 7.92. The zero-order valence-electron chi connectivity index (χ0n) is 9.64. The monoisotopic (exact) mass is 244 g/mol. The van der Waals surface area contributed by atoms with E-state index < -0.39 is 14.6 Å². The summed E-state index contributed by atoms with van der Waals surface area (Å²) in [4.78, 5) is 7.82. The van der Waals surface area contributed by atoms with E-state index in [9.17, 15) is 8.42 Å². The predicted octanol–water partition coefficient (Wildman–Crippen LogP) is 0.584. The predicted molar refractivity (Wildman–Crippen MR) is 59.8 cm³/mol. The Balaban J connectivity index is 3.34. The first-order valence-corrected chi connectivity index (χ1v) is 6.44. The molecular weight excluding hydrogens is 228 g/mol. The Kier molecular flexibility index (Phi) is 3.64. The van der Waals surface area contributed by atoms with Gasteiger partial charge in [0, 0.05) is 25.4 Å². The van der Waals surface area contributed by atoms with Gasteiger partial charge in [-0.15, -0.1) is 0 Å². The van der Waals surface area contributed by atoms with Crippen molar-refractivity contribution in [2.24, 2.45) is 0 Å². The molecule has 90 valence electrons. The van der Waals surface area contributed by atoms with Gasteiger partial charge in [-0.1, -0.05) is 0 Å². The van der Waals surface area contributed by atoms with Crippen molar-refractivity contribution in [3.63, 3.8) is 0 Å². The van der Waals surface area contributed by atoms with Crippen LogP contribution in [0.5, 0.6) is 0 Å². The van der Waals surface area contributed by atoms with Crippen LogP contribution in [0.2, 0.25) is 0 Å². The molecular formula is C10H16N2O3S. The van der Waals surface area contributed by atoms with Crippen molar-refractivity contribution in [2.75, 3.05) is 6.61 Å². The van der Waals surface area contributed by atoms with Gasteiger partial charge < -0.3 is 5.11 Å². The summed E-state index contributed by atoms with van der Waals surface area (Å²) in [6, 6.07) is 0. The molecule has 0 saturated carbocycles. The molecule has 0 radical (unpaired) electrons. The number of nitrogens with zero attached hydrogens (tertiary/aromatic N) is 2. The third-order valence-electron chi connectivity index (χ3n) is 2.15. The van der Waals surface area contributed by atoms with Crippen LogP contribution >= 0.6 is 0 Å². The Hall–Kier alpha value is -1.01. The maximum Gasteiger partial charge on any atom is 0.202 e. The number of sulfone groups is 1. The van der Waals surface area contributed by atoms with Gasteiger partial charge in [0.25, 0.3) is 0 Å². The van der Waals surface area contributed by atoms with Crippen molar-refractivity contribution in [1.82, 2.24) is 9.97 Å². The SMILES string of the molecule is CC(C)(C)S(=O)(=O)c1nccnc1CCO. The van der Waals surface area contributed by atoms with E-state index in [4.69, 9.17) is 5.11 Å². The normalized spacial score (nSPS) is 12.8. The van der Waals surface area contributed by atoms with Gasteiger partial charge in [0.15, 0.2) is 5.03 Å². The molecule has 0 fully saturated rings. The second kappa shape index (κ2) is 4.47. The zero-order chi connectivity index (χ0) is 12.4. The molecule has 0 amide bonds. The number of rotatable bonds is 3. The number of aliphatic hydroxyl groups excluding tert-OH is 1. The zero-order valence-corrected chi connectivity index (χ0v) is 10.5. The number of hydrogen-bond acceptors (Lipinski definition) is 5. The van der Waals surface area contributed by atoms with E-state index >= 15 is 0 Å². The molecule has 16 heavy (non-hydrogen) atoms. The first-order chi connectivity index (χ1) is 7.30. The molecule has 1 aromatic rings. The molecule has 0 bridgehead atoms. The average molecular weight is 244 g/mol. The van der Waals surface area contributed by atoms with Crippen LogP contribution in [0, 0.1) is 0 Å². The van der Waals surface area contributed by atoms with E-state index in [1.165, 1.54) is 12.4 Å². The summed E-state index contributed by atoms with van der Waals surface area (Å²) in [6.45, 7) is 4.69. The fourth-order valence-corrected chi connectivity index (χ4v) is 2.39. The molecule has 0 saturated heterocycles. The minimum Gasteiger partial charge on any atom is -0.396 e. The van der Waals surface area contributed by atoms with Crippen molar-refractivity contribution >= 4 is 9.84 Å². The molecule has 0 aromatic carbocycles. The molecule has 0 aliphatic rings. The van der Waals surface area contributed by atoms with Crippen molar-refractivity contribution in [3.8, 4) is 0 Å². The molecule has 1 rings (SSSR count). The van der Waals surface area contributed by atoms with E-state index in [-0.39, 0.29) is 18.1 Å². The quantitative estimate of drug-likeness (QED) is 0.841. The summed E-state index contributed by atoms with van der Waals surface area (Å²) in [7, 11) is -3.51. The lowest BCUT2D eigenvalue weighted by molar-refractivity contribution is 0.296. The largest absolute Gasteiger partial charge is 0.396 e. The summed E-state index contributed by atoms with van der Waals surface area (Å²) >= 11 is 0. The van der Waals surface area contributed by atoms with Crippen molar-refractivity contribution in [3.05, 3.63) is 18.1 Å². The first kappa shape index (κ1) is 13.1. The lowest BCUT2D eigenvalue weighted by atomic mass is 10.3. The third kappa shape index (κ3) is 2.38. The number of aromatic nitrogens is 2. The Morgan fingerprint density at radius 2 is 1.81 bits per heavy atom. The Morgan fingerprint density at radius 1 is 1.25 bits per heavy atom. The van der Waals surface area contributed by atoms with Gasteiger partial charge in [-0.25, -0.2) is 13.4 Å². The van der Waals surface area contributed by atoms with Gasteiger partial charge in [0.1, 0.15) is 0 Å². The van der Waals surface area contributed by atoms with E-state index in [0.29, 0.717) is 5.69 Å². The molecule has 1 aromatic heterocycles. The smallest absolute Gasteiger partial charge is 0.202 e. The maximum absolute atomic E-state index is 12.2. The minimum atomic E-state index is -3.51. The number of aliphatic hydroxyl groups is 1. The van der Waals surface area contributed by atoms with Crippen molar-refractivity contribution in [2.45, 2.75) is 37.0 Å². The highest BCUT2D eigenvalue weighted by Gasteiger charge is 2.34. The summed E-state index contributed by atoms with van der Waals surface area (Å²) < 4.78 is 23.4. The molecule has 0 aliphatic heterocycles. The van der Waals surface area contributed by atoms with Gasteiger partial charge >= 0.3 is 0 Å². The lowest BCUT2D eigenvalue weighted by Crippen LogP contribution is -2.30. The summed E-state index contributed by atoms with van der Waals surface area (Å²) in [6.07, 6.45) is 2.96. The first-order valence-electron chi connectivity index (χ1n) is 4.96. The van der Waals surface area contributed by atoms with E-state index in [0.717, 1.165) is 0 Å². The molecule has 0 aliphatic carbocycles. The fourth-order valence-electron chi connectivity index (χ4n) is 1.15. The minimum absolute atomic E-state index is 0.0310. The highest BCUT2D eigenvalue weighted by Crippen LogP contribution is 2.24. The molecule has 1 heterocycles. The van der Waals surface area contributed by atoms with Crippen molar-refractivity contribution < 1.29 is 13.5 Å². The average Bonchev–Trinajstić information content (AvgIpc) is 2.17. The summed E-state index contributed by atoms with van der Waals surface area (Å²) in [5, 5.41) is 8.82. The van der Waals surface area contributed by atoms with Crippen molar-refractivity contribution in [1.29, 1.82) is 0 Å². The van der Waals surface area contributed by atoms with E-state index in [1.54, 1.807) is 20.8 Å². The highest BCUT2D eigenvalue weighted by atomic mass is 32.2. The number of hydrogen-bond donors (Lipinski definition) is 1. The summed E-state index contributed by atoms with van der Waals surface area (Å²) in [5.74, 6) is 0. The molecule has 5 nitrogen and oxygen atoms in total. The van der Waals surface area contributed by atoms with Gasteiger partial charge in [-0.3, -0.25) is 4.98 Å². The van der Waals surface area contributed by atoms with Crippen LogP contribution in [0.1, 0.15) is 26.5 Å². The molecule has 0 unspecified atom stereocenters. The van der Waals surface area contributed by atoms with E-state index in [2.05, 4.69) is 9.97 Å². The van der Waals surface area contributed by atoms with Gasteiger partial charge in [-0.2, -0.15) is 0 Å². The molecule has 0 spiro atoms.